The first-order chi connectivity index (χ1) is 8.20. The zero-order valence-electron chi connectivity index (χ0n) is 9.10. The van der Waals surface area contributed by atoms with Crippen LogP contribution in [0.4, 0.5) is 11.5 Å². The molecule has 0 aliphatic carbocycles. The van der Waals surface area contributed by atoms with Crippen LogP contribution in [0.2, 0.25) is 0 Å². The van der Waals surface area contributed by atoms with Gasteiger partial charge in [-0.05, 0) is 13.0 Å². The SMILES string of the molecule is Cc1cc(NN)c(C(=O)Nc2ccon2)cn1. The molecule has 0 aliphatic heterocycles. The predicted octanol–water partition coefficient (Wildman–Crippen LogP) is 0.916. The van der Waals surface area contributed by atoms with Crippen molar-refractivity contribution in [2.75, 3.05) is 10.7 Å². The molecule has 17 heavy (non-hydrogen) atoms. The van der Waals surface area contributed by atoms with E-state index in [1.54, 1.807) is 13.0 Å². The first-order valence-electron chi connectivity index (χ1n) is 4.85. The van der Waals surface area contributed by atoms with Crippen LogP contribution in [0.1, 0.15) is 16.1 Å². The Balaban J connectivity index is 2.24. The van der Waals surface area contributed by atoms with Crippen molar-refractivity contribution in [3.8, 4) is 0 Å². The Labute approximate surface area is 97.0 Å². The van der Waals surface area contributed by atoms with Gasteiger partial charge in [-0.3, -0.25) is 15.6 Å². The van der Waals surface area contributed by atoms with Crippen LogP contribution in [-0.4, -0.2) is 16.0 Å². The number of hydrazine groups is 1. The smallest absolute Gasteiger partial charge is 0.260 e. The topological polar surface area (TPSA) is 106 Å². The number of anilines is 2. The van der Waals surface area contributed by atoms with Gasteiger partial charge in [0.15, 0.2) is 5.82 Å². The molecule has 0 bridgehead atoms. The first-order valence-corrected chi connectivity index (χ1v) is 4.85. The van der Waals surface area contributed by atoms with Crippen LogP contribution in [0.3, 0.4) is 0 Å². The summed E-state index contributed by atoms with van der Waals surface area (Å²) in [6.07, 6.45) is 2.81. The Morgan fingerprint density at radius 1 is 1.53 bits per heavy atom. The molecular formula is C10H11N5O2. The minimum absolute atomic E-state index is 0.332. The molecule has 0 atom stereocenters. The van der Waals surface area contributed by atoms with Gasteiger partial charge in [-0.25, -0.2) is 0 Å². The molecular weight excluding hydrogens is 222 g/mol. The molecule has 0 unspecified atom stereocenters. The molecule has 1 amide bonds. The Hall–Kier alpha value is -2.41. The fourth-order valence-electron chi connectivity index (χ4n) is 1.32. The number of carbonyl (C=O) groups is 1. The average Bonchev–Trinajstić information content (AvgIpc) is 2.81. The summed E-state index contributed by atoms with van der Waals surface area (Å²) in [4.78, 5) is 15.9. The third kappa shape index (κ3) is 2.40. The fourth-order valence-corrected chi connectivity index (χ4v) is 1.32. The summed E-state index contributed by atoms with van der Waals surface area (Å²) >= 11 is 0. The van der Waals surface area contributed by atoms with Crippen LogP contribution in [0.15, 0.2) is 29.1 Å². The summed E-state index contributed by atoms with van der Waals surface area (Å²) in [5.74, 6) is 5.31. The molecule has 0 spiro atoms. The highest BCUT2D eigenvalue weighted by Gasteiger charge is 2.13. The lowest BCUT2D eigenvalue weighted by atomic mass is 10.2. The maximum absolute atomic E-state index is 11.9. The largest absolute Gasteiger partial charge is 0.363 e. The van der Waals surface area contributed by atoms with E-state index in [0.717, 1.165) is 5.69 Å². The quantitative estimate of drug-likeness (QED) is 0.537. The van der Waals surface area contributed by atoms with Crippen molar-refractivity contribution in [1.82, 2.24) is 10.1 Å². The van der Waals surface area contributed by atoms with E-state index in [2.05, 4.69) is 25.4 Å². The van der Waals surface area contributed by atoms with Crippen molar-refractivity contribution in [1.29, 1.82) is 0 Å². The maximum Gasteiger partial charge on any atom is 0.260 e. The van der Waals surface area contributed by atoms with E-state index in [0.29, 0.717) is 17.1 Å². The van der Waals surface area contributed by atoms with E-state index in [1.165, 1.54) is 18.5 Å². The molecule has 0 aliphatic rings. The highest BCUT2D eigenvalue weighted by Crippen LogP contribution is 2.16. The lowest BCUT2D eigenvalue weighted by Gasteiger charge is -2.08. The maximum atomic E-state index is 11.9. The third-order valence-electron chi connectivity index (χ3n) is 2.12. The van der Waals surface area contributed by atoms with Crippen molar-refractivity contribution < 1.29 is 9.32 Å². The first kappa shape index (κ1) is 11.1. The molecule has 0 saturated carbocycles. The lowest BCUT2D eigenvalue weighted by molar-refractivity contribution is 0.102. The minimum atomic E-state index is -0.362. The van der Waals surface area contributed by atoms with Crippen LogP contribution in [0, 0.1) is 6.92 Å². The highest BCUT2D eigenvalue weighted by molar-refractivity contribution is 6.07. The number of aromatic nitrogens is 2. The molecule has 2 rings (SSSR count). The van der Waals surface area contributed by atoms with Crippen molar-refractivity contribution in [3.05, 3.63) is 35.9 Å². The number of rotatable bonds is 3. The summed E-state index contributed by atoms with van der Waals surface area (Å²) < 4.78 is 4.61. The fraction of sp³-hybridized carbons (Fsp3) is 0.100. The number of nitrogens with one attached hydrogen (secondary N) is 2. The summed E-state index contributed by atoms with van der Waals surface area (Å²) in [6, 6.07) is 3.22. The summed E-state index contributed by atoms with van der Waals surface area (Å²) in [6.45, 7) is 1.81. The molecule has 0 fully saturated rings. The summed E-state index contributed by atoms with van der Waals surface area (Å²) in [7, 11) is 0. The second-order valence-corrected chi connectivity index (χ2v) is 3.35. The van der Waals surface area contributed by atoms with E-state index in [9.17, 15) is 4.79 Å². The number of hydrogen-bond donors (Lipinski definition) is 3. The number of hydrogen-bond acceptors (Lipinski definition) is 6. The van der Waals surface area contributed by atoms with Gasteiger partial charge in [-0.15, -0.1) is 0 Å². The summed E-state index contributed by atoms with van der Waals surface area (Å²) in [5, 5.41) is 6.13. The molecule has 0 saturated heterocycles. The van der Waals surface area contributed by atoms with E-state index >= 15 is 0 Å². The Morgan fingerprint density at radius 2 is 2.35 bits per heavy atom. The number of nitrogens with zero attached hydrogens (tertiary/aromatic N) is 2. The number of amides is 1. The second-order valence-electron chi connectivity index (χ2n) is 3.35. The number of aryl methyl sites for hydroxylation is 1. The number of nitrogens with two attached hydrogens (primary N) is 1. The van der Waals surface area contributed by atoms with Gasteiger partial charge < -0.3 is 15.3 Å². The van der Waals surface area contributed by atoms with Crippen molar-refractivity contribution >= 4 is 17.4 Å². The van der Waals surface area contributed by atoms with E-state index in [4.69, 9.17) is 5.84 Å². The molecule has 7 heteroatoms. The zero-order valence-corrected chi connectivity index (χ0v) is 9.10. The van der Waals surface area contributed by atoms with Crippen molar-refractivity contribution in [2.24, 2.45) is 5.84 Å². The Kier molecular flexibility index (Phi) is 3.01. The van der Waals surface area contributed by atoms with Gasteiger partial charge in [0.1, 0.15) is 6.26 Å². The van der Waals surface area contributed by atoms with Gasteiger partial charge in [0.2, 0.25) is 0 Å². The van der Waals surface area contributed by atoms with Crippen LogP contribution >= 0.6 is 0 Å². The van der Waals surface area contributed by atoms with Gasteiger partial charge in [0.05, 0.1) is 11.3 Å². The van der Waals surface area contributed by atoms with E-state index in [1.807, 2.05) is 0 Å². The number of pyridine rings is 1. The molecule has 7 nitrogen and oxygen atoms in total. The molecule has 4 N–H and O–H groups in total. The molecule has 2 heterocycles. The molecule has 88 valence electrons. The van der Waals surface area contributed by atoms with E-state index < -0.39 is 0 Å². The minimum Gasteiger partial charge on any atom is -0.363 e. The van der Waals surface area contributed by atoms with Crippen LogP contribution in [0.5, 0.6) is 0 Å². The lowest BCUT2D eigenvalue weighted by Crippen LogP contribution is -2.18. The molecule has 2 aromatic heterocycles. The van der Waals surface area contributed by atoms with Crippen molar-refractivity contribution in [2.45, 2.75) is 6.92 Å². The number of nitrogen functional groups attached to an aromatic ring is 1. The molecule has 0 aromatic carbocycles. The van der Waals surface area contributed by atoms with Crippen LogP contribution in [0.25, 0.3) is 0 Å². The Morgan fingerprint density at radius 3 is 3.00 bits per heavy atom. The summed E-state index contributed by atoms with van der Waals surface area (Å²) in [5.41, 5.74) is 4.05. The van der Waals surface area contributed by atoms with Gasteiger partial charge in [0, 0.05) is 18.0 Å². The standard InChI is InChI=1S/C10H11N5O2/c1-6-4-8(14-11)7(5-12-6)10(16)13-9-2-3-17-15-9/h2-5H,11H2,1H3,(H,12,14)(H,13,15,16). The van der Waals surface area contributed by atoms with Gasteiger partial charge >= 0.3 is 0 Å². The molecule has 2 aromatic rings. The normalized spacial score (nSPS) is 10.0. The highest BCUT2D eigenvalue weighted by atomic mass is 16.5. The second kappa shape index (κ2) is 4.62. The van der Waals surface area contributed by atoms with Gasteiger partial charge in [-0.2, -0.15) is 0 Å². The zero-order chi connectivity index (χ0) is 12.3. The third-order valence-corrected chi connectivity index (χ3v) is 2.12. The molecule has 0 radical (unpaired) electrons. The predicted molar refractivity (Wildman–Crippen MR) is 61.2 cm³/mol. The van der Waals surface area contributed by atoms with Gasteiger partial charge in [-0.1, -0.05) is 5.16 Å². The van der Waals surface area contributed by atoms with Crippen molar-refractivity contribution in [3.63, 3.8) is 0 Å². The van der Waals surface area contributed by atoms with Crippen LogP contribution < -0.4 is 16.6 Å². The van der Waals surface area contributed by atoms with Crippen LogP contribution in [-0.2, 0) is 0 Å². The monoisotopic (exact) mass is 233 g/mol. The van der Waals surface area contributed by atoms with E-state index in [-0.39, 0.29) is 5.91 Å². The number of carbonyl (C=O) groups excluding carboxylic acids is 1. The van der Waals surface area contributed by atoms with Gasteiger partial charge in [0.25, 0.3) is 5.91 Å². The Bertz CT molecular complexity index is 523. The average molecular weight is 233 g/mol.